The molecule has 7 nitrogen and oxygen atoms in total. The average molecular weight is 566 g/mol. The van der Waals surface area contributed by atoms with Crippen LogP contribution in [0.15, 0.2) is 35.2 Å². The summed E-state index contributed by atoms with van der Waals surface area (Å²) < 4.78 is 34.9. The van der Waals surface area contributed by atoms with Gasteiger partial charge >= 0.3 is 0 Å². The van der Waals surface area contributed by atoms with Gasteiger partial charge in [-0.05, 0) is 111 Å². The summed E-state index contributed by atoms with van der Waals surface area (Å²) in [5.41, 5.74) is 4.36. The van der Waals surface area contributed by atoms with Crippen LogP contribution < -0.4 is 9.04 Å². The van der Waals surface area contributed by atoms with E-state index in [0.717, 1.165) is 55.9 Å². The number of likely N-dealkylation sites (tertiary alicyclic amines) is 2. The van der Waals surface area contributed by atoms with Crippen molar-refractivity contribution in [1.29, 1.82) is 0 Å². The normalized spacial score (nSPS) is 21.4. The van der Waals surface area contributed by atoms with E-state index in [1.807, 2.05) is 36.9 Å². The van der Waals surface area contributed by atoms with Crippen molar-refractivity contribution in [3.63, 3.8) is 0 Å². The van der Waals surface area contributed by atoms with E-state index in [4.69, 9.17) is 4.74 Å². The lowest BCUT2D eigenvalue weighted by Crippen LogP contribution is -2.46. The fourth-order valence-electron chi connectivity index (χ4n) is 7.45. The van der Waals surface area contributed by atoms with Gasteiger partial charge in [-0.2, -0.15) is 0 Å². The molecule has 0 N–H and O–H groups in total. The molecule has 216 valence electrons. The molecule has 2 aromatic carbocycles. The van der Waals surface area contributed by atoms with E-state index in [1.54, 1.807) is 23.5 Å². The highest BCUT2D eigenvalue weighted by Crippen LogP contribution is 2.43. The SMILES string of the molecule is COc1cc(C)c(S(=O)(=O)N2CCCc3ccc(CC(=O)N4CCC5(CC4)CCN(C4CCC4)C5)cc32)c(C)c1. The molecule has 2 aromatic rings. The number of methoxy groups -OCH3 is 1. The first-order valence-electron chi connectivity index (χ1n) is 15.0. The monoisotopic (exact) mass is 565 g/mol. The van der Waals surface area contributed by atoms with Crippen molar-refractivity contribution in [2.75, 3.05) is 44.1 Å². The van der Waals surface area contributed by atoms with Gasteiger partial charge < -0.3 is 9.64 Å². The van der Waals surface area contributed by atoms with E-state index in [0.29, 0.717) is 45.8 Å². The molecule has 1 saturated carbocycles. The van der Waals surface area contributed by atoms with E-state index in [-0.39, 0.29) is 5.91 Å². The molecule has 3 fully saturated rings. The van der Waals surface area contributed by atoms with Crippen LogP contribution in [0.4, 0.5) is 5.69 Å². The first kappa shape index (κ1) is 27.6. The fourth-order valence-corrected chi connectivity index (χ4v) is 9.40. The number of benzene rings is 2. The molecule has 4 aliphatic rings. The van der Waals surface area contributed by atoms with Crippen molar-refractivity contribution in [1.82, 2.24) is 9.80 Å². The highest BCUT2D eigenvalue weighted by atomic mass is 32.2. The van der Waals surface area contributed by atoms with Crippen LogP contribution in [0.2, 0.25) is 0 Å². The Bertz CT molecular complexity index is 1370. The van der Waals surface area contributed by atoms with E-state index in [1.165, 1.54) is 38.8 Å². The predicted octanol–water partition coefficient (Wildman–Crippen LogP) is 4.86. The number of sulfonamides is 1. The summed E-state index contributed by atoms with van der Waals surface area (Å²) >= 11 is 0. The van der Waals surface area contributed by atoms with E-state index >= 15 is 0 Å². The van der Waals surface area contributed by atoms with Gasteiger partial charge in [0.2, 0.25) is 5.91 Å². The molecule has 0 bridgehead atoms. The molecule has 0 radical (unpaired) electrons. The molecule has 1 amide bonds. The maximum atomic E-state index is 14.0. The van der Waals surface area contributed by atoms with Gasteiger partial charge in [0, 0.05) is 32.2 Å². The van der Waals surface area contributed by atoms with Crippen molar-refractivity contribution >= 4 is 21.6 Å². The molecule has 6 rings (SSSR count). The topological polar surface area (TPSA) is 70.2 Å². The van der Waals surface area contributed by atoms with Gasteiger partial charge in [0.05, 0.1) is 24.1 Å². The van der Waals surface area contributed by atoms with Crippen LogP contribution in [-0.2, 0) is 27.7 Å². The van der Waals surface area contributed by atoms with Crippen LogP contribution >= 0.6 is 0 Å². The second-order valence-corrected chi connectivity index (χ2v) is 14.4. The number of aryl methyl sites for hydroxylation is 3. The minimum Gasteiger partial charge on any atom is -0.497 e. The van der Waals surface area contributed by atoms with Gasteiger partial charge in [0.1, 0.15) is 5.75 Å². The minimum absolute atomic E-state index is 0.149. The van der Waals surface area contributed by atoms with Crippen LogP contribution in [0.1, 0.15) is 67.2 Å². The second kappa shape index (κ2) is 10.7. The number of anilines is 1. The van der Waals surface area contributed by atoms with Gasteiger partial charge in [-0.25, -0.2) is 8.42 Å². The zero-order chi connectivity index (χ0) is 28.1. The lowest BCUT2D eigenvalue weighted by molar-refractivity contribution is -0.132. The number of nitrogens with zero attached hydrogens (tertiary/aromatic N) is 3. The van der Waals surface area contributed by atoms with Gasteiger partial charge in [0.25, 0.3) is 10.0 Å². The molecule has 2 saturated heterocycles. The Kier molecular flexibility index (Phi) is 7.36. The van der Waals surface area contributed by atoms with Crippen LogP contribution in [0.25, 0.3) is 0 Å². The summed E-state index contributed by atoms with van der Waals surface area (Å²) in [6.45, 7) is 8.18. The minimum atomic E-state index is -3.77. The molecule has 0 atom stereocenters. The third-order valence-corrected chi connectivity index (χ3v) is 12.2. The highest BCUT2D eigenvalue weighted by molar-refractivity contribution is 7.93. The Morgan fingerprint density at radius 1 is 0.975 bits per heavy atom. The van der Waals surface area contributed by atoms with Gasteiger partial charge in [-0.1, -0.05) is 18.6 Å². The fraction of sp³-hybridized carbons (Fsp3) is 0.594. The Hall–Kier alpha value is -2.58. The molecule has 40 heavy (non-hydrogen) atoms. The maximum Gasteiger partial charge on any atom is 0.264 e. The van der Waals surface area contributed by atoms with Crippen LogP contribution in [0.5, 0.6) is 5.75 Å². The summed E-state index contributed by atoms with van der Waals surface area (Å²) in [6, 6.07) is 10.3. The summed E-state index contributed by atoms with van der Waals surface area (Å²) in [5, 5.41) is 0. The van der Waals surface area contributed by atoms with E-state index in [2.05, 4.69) is 4.90 Å². The van der Waals surface area contributed by atoms with Crippen LogP contribution in [0.3, 0.4) is 0 Å². The zero-order valence-electron chi connectivity index (χ0n) is 24.2. The van der Waals surface area contributed by atoms with Crippen molar-refractivity contribution < 1.29 is 17.9 Å². The molecule has 1 spiro atoms. The van der Waals surface area contributed by atoms with Crippen molar-refractivity contribution in [2.45, 2.75) is 82.6 Å². The van der Waals surface area contributed by atoms with Crippen LogP contribution in [-0.4, -0.2) is 70.0 Å². The molecule has 3 heterocycles. The molecule has 0 aromatic heterocycles. The maximum absolute atomic E-state index is 14.0. The molecule has 3 aliphatic heterocycles. The Labute approximate surface area is 239 Å². The number of hydrogen-bond acceptors (Lipinski definition) is 5. The summed E-state index contributed by atoms with van der Waals surface area (Å²) in [6.07, 6.45) is 9.48. The third kappa shape index (κ3) is 5.02. The van der Waals surface area contributed by atoms with Crippen molar-refractivity contribution in [3.8, 4) is 5.75 Å². The molecule has 1 aliphatic carbocycles. The number of carbonyl (C=O) groups excluding carboxylic acids is 1. The predicted molar refractivity (Wildman–Crippen MR) is 158 cm³/mol. The Morgan fingerprint density at radius 3 is 2.33 bits per heavy atom. The van der Waals surface area contributed by atoms with Gasteiger partial charge in [-0.3, -0.25) is 14.0 Å². The summed E-state index contributed by atoms with van der Waals surface area (Å²) in [5.74, 6) is 0.803. The van der Waals surface area contributed by atoms with E-state index < -0.39 is 10.0 Å². The average Bonchev–Trinajstić information content (AvgIpc) is 3.29. The van der Waals surface area contributed by atoms with Gasteiger partial charge in [0.15, 0.2) is 0 Å². The third-order valence-electron chi connectivity index (χ3n) is 10.0. The molecular formula is C32H43N3O4S. The lowest BCUT2D eigenvalue weighted by Gasteiger charge is -2.41. The van der Waals surface area contributed by atoms with Crippen LogP contribution in [0, 0.1) is 19.3 Å². The highest BCUT2D eigenvalue weighted by Gasteiger charge is 2.43. The number of carbonyl (C=O) groups is 1. The number of rotatable bonds is 6. The lowest BCUT2D eigenvalue weighted by atomic mass is 9.77. The number of piperidine rings is 1. The quantitative estimate of drug-likeness (QED) is 0.500. The Balaban J connectivity index is 1.16. The number of ether oxygens (including phenoxy) is 1. The zero-order valence-corrected chi connectivity index (χ0v) is 25.1. The number of fused-ring (bicyclic) bond motifs is 1. The standard InChI is InChI=1S/C32H43N3O4S/c1-23-18-28(39-3)19-24(2)31(23)40(37,38)35-14-5-6-26-10-9-25(20-29(26)35)21-30(36)33-15-11-32(12-16-33)13-17-34(22-32)27-7-4-8-27/h9-10,18-20,27H,4-8,11-17,21-22H2,1-3H3. The van der Waals surface area contributed by atoms with Gasteiger partial charge in [-0.15, -0.1) is 0 Å². The number of hydrogen-bond donors (Lipinski definition) is 0. The number of amides is 1. The summed E-state index contributed by atoms with van der Waals surface area (Å²) in [7, 11) is -2.18. The molecule has 8 heteroatoms. The smallest absolute Gasteiger partial charge is 0.264 e. The first-order valence-corrected chi connectivity index (χ1v) is 16.4. The van der Waals surface area contributed by atoms with E-state index in [9.17, 15) is 13.2 Å². The summed E-state index contributed by atoms with van der Waals surface area (Å²) in [4.78, 5) is 18.5. The van der Waals surface area contributed by atoms with Crippen molar-refractivity contribution in [3.05, 3.63) is 52.6 Å². The largest absolute Gasteiger partial charge is 0.497 e. The second-order valence-electron chi connectivity index (χ2n) is 12.6. The molecule has 0 unspecified atom stereocenters. The molecular weight excluding hydrogens is 522 g/mol. The van der Waals surface area contributed by atoms with Crippen molar-refractivity contribution in [2.24, 2.45) is 5.41 Å². The Morgan fingerprint density at radius 2 is 1.68 bits per heavy atom. The first-order chi connectivity index (χ1) is 19.2.